The van der Waals surface area contributed by atoms with E-state index in [4.69, 9.17) is 15.3 Å². The molecular formula is C6H5NO5. The van der Waals surface area contributed by atoms with Gasteiger partial charge in [0.25, 0.3) is 5.56 Å². The van der Waals surface area contributed by atoms with Gasteiger partial charge in [-0.25, -0.2) is 4.79 Å². The molecule has 0 saturated carbocycles. The zero-order valence-corrected chi connectivity index (χ0v) is 5.74. The first-order valence-corrected chi connectivity index (χ1v) is 2.91. The van der Waals surface area contributed by atoms with E-state index in [1.54, 1.807) is 4.98 Å². The van der Waals surface area contributed by atoms with Crippen molar-refractivity contribution < 1.29 is 20.1 Å². The minimum Gasteiger partial charge on any atom is -0.503 e. The van der Waals surface area contributed by atoms with Crippen LogP contribution in [0.4, 0.5) is 0 Å². The Kier molecular flexibility index (Phi) is 1.74. The fraction of sp³-hybridized carbons (Fsp3) is 0. The highest BCUT2D eigenvalue weighted by Gasteiger charge is 2.12. The van der Waals surface area contributed by atoms with Crippen LogP contribution in [0.3, 0.4) is 0 Å². The van der Waals surface area contributed by atoms with Crippen LogP contribution in [-0.4, -0.2) is 26.3 Å². The monoisotopic (exact) mass is 171 g/mol. The molecular weight excluding hydrogens is 166 g/mol. The Morgan fingerprint density at radius 2 is 2.00 bits per heavy atom. The van der Waals surface area contributed by atoms with E-state index in [1.807, 2.05) is 0 Å². The van der Waals surface area contributed by atoms with Gasteiger partial charge in [0.15, 0.2) is 5.75 Å². The van der Waals surface area contributed by atoms with Gasteiger partial charge in [-0.05, 0) is 0 Å². The van der Waals surface area contributed by atoms with E-state index in [1.165, 1.54) is 0 Å². The summed E-state index contributed by atoms with van der Waals surface area (Å²) in [5.74, 6) is -2.95. The molecule has 6 heteroatoms. The van der Waals surface area contributed by atoms with Crippen LogP contribution < -0.4 is 5.56 Å². The topological polar surface area (TPSA) is 111 Å². The normalized spacial score (nSPS) is 9.67. The van der Waals surface area contributed by atoms with Gasteiger partial charge in [-0.2, -0.15) is 0 Å². The van der Waals surface area contributed by atoms with E-state index in [2.05, 4.69) is 0 Å². The first-order valence-electron chi connectivity index (χ1n) is 2.91. The van der Waals surface area contributed by atoms with Gasteiger partial charge in [0.1, 0.15) is 5.56 Å². The van der Waals surface area contributed by atoms with Crippen molar-refractivity contribution in [2.24, 2.45) is 0 Å². The Morgan fingerprint density at radius 1 is 1.42 bits per heavy atom. The zero-order valence-electron chi connectivity index (χ0n) is 5.74. The molecule has 0 fully saturated rings. The van der Waals surface area contributed by atoms with Crippen molar-refractivity contribution in [1.29, 1.82) is 0 Å². The lowest BCUT2D eigenvalue weighted by molar-refractivity contribution is 0.0692. The number of hydrogen-bond acceptors (Lipinski definition) is 4. The van der Waals surface area contributed by atoms with Crippen LogP contribution in [0.2, 0.25) is 0 Å². The zero-order chi connectivity index (χ0) is 9.30. The summed E-state index contributed by atoms with van der Waals surface area (Å²) < 4.78 is 0. The molecule has 0 saturated heterocycles. The van der Waals surface area contributed by atoms with Crippen molar-refractivity contribution in [3.8, 4) is 11.6 Å². The number of aromatic hydroxyl groups is 2. The van der Waals surface area contributed by atoms with Crippen molar-refractivity contribution in [3.63, 3.8) is 0 Å². The Hall–Kier alpha value is -1.98. The van der Waals surface area contributed by atoms with Crippen molar-refractivity contribution in [1.82, 2.24) is 4.98 Å². The van der Waals surface area contributed by atoms with Gasteiger partial charge in [0, 0.05) is 6.07 Å². The highest BCUT2D eigenvalue weighted by atomic mass is 16.4. The maximum Gasteiger partial charge on any atom is 0.341 e. The lowest BCUT2D eigenvalue weighted by Gasteiger charge is -1.97. The molecule has 6 nitrogen and oxygen atoms in total. The molecule has 0 aliphatic heterocycles. The molecule has 0 radical (unpaired) electrons. The van der Waals surface area contributed by atoms with Gasteiger partial charge in [-0.15, -0.1) is 0 Å². The van der Waals surface area contributed by atoms with Crippen LogP contribution in [0.1, 0.15) is 10.4 Å². The summed E-state index contributed by atoms with van der Waals surface area (Å²) in [6, 6.07) is 0.677. The Labute approximate surface area is 65.7 Å². The standard InChI is InChI=1S/C6H5NO5/c8-3-1-2(6(11)12)4(9)7-5(3)10/h1,8H,(H,11,12)(H2,7,9,10). The van der Waals surface area contributed by atoms with Crippen molar-refractivity contribution in [2.75, 3.05) is 0 Å². The number of pyridine rings is 1. The summed E-state index contributed by atoms with van der Waals surface area (Å²) in [4.78, 5) is 22.6. The van der Waals surface area contributed by atoms with Crippen molar-refractivity contribution in [2.45, 2.75) is 0 Å². The SMILES string of the molecule is O=C(O)c1cc(O)c(=O)[nH]c1O. The molecule has 12 heavy (non-hydrogen) atoms. The van der Waals surface area contributed by atoms with Crippen LogP contribution in [-0.2, 0) is 0 Å². The second kappa shape index (κ2) is 2.57. The quantitative estimate of drug-likeness (QED) is 0.454. The van der Waals surface area contributed by atoms with Crippen LogP contribution in [0, 0.1) is 0 Å². The molecule has 0 unspecified atom stereocenters. The number of aromatic nitrogens is 1. The lowest BCUT2D eigenvalue weighted by Crippen LogP contribution is -2.08. The number of rotatable bonds is 1. The van der Waals surface area contributed by atoms with E-state index < -0.39 is 28.7 Å². The molecule has 0 spiro atoms. The molecule has 1 aromatic heterocycles. The molecule has 1 heterocycles. The smallest absolute Gasteiger partial charge is 0.341 e. The third kappa shape index (κ3) is 1.22. The van der Waals surface area contributed by atoms with Gasteiger partial charge in [-0.3, -0.25) is 9.78 Å². The van der Waals surface area contributed by atoms with Crippen LogP contribution in [0.15, 0.2) is 10.9 Å². The van der Waals surface area contributed by atoms with Gasteiger partial charge in [-0.1, -0.05) is 0 Å². The fourth-order valence-corrected chi connectivity index (χ4v) is 0.673. The molecule has 0 aliphatic rings. The number of aromatic carboxylic acids is 1. The van der Waals surface area contributed by atoms with E-state index in [0.717, 1.165) is 0 Å². The summed E-state index contributed by atoms with van der Waals surface area (Å²) in [5, 5.41) is 26.0. The van der Waals surface area contributed by atoms with E-state index in [9.17, 15) is 9.59 Å². The maximum atomic E-state index is 10.6. The van der Waals surface area contributed by atoms with Crippen molar-refractivity contribution >= 4 is 5.97 Å². The number of H-pyrrole nitrogens is 1. The van der Waals surface area contributed by atoms with Gasteiger partial charge < -0.3 is 15.3 Å². The first-order chi connectivity index (χ1) is 5.52. The van der Waals surface area contributed by atoms with Crippen LogP contribution in [0.25, 0.3) is 0 Å². The molecule has 4 N–H and O–H groups in total. The third-order valence-electron chi connectivity index (χ3n) is 1.23. The molecule has 0 aromatic carbocycles. The average molecular weight is 171 g/mol. The van der Waals surface area contributed by atoms with Crippen LogP contribution >= 0.6 is 0 Å². The van der Waals surface area contributed by atoms with Gasteiger partial charge in [0.2, 0.25) is 5.88 Å². The minimum absolute atomic E-state index is 0.549. The highest BCUT2D eigenvalue weighted by Crippen LogP contribution is 2.14. The summed E-state index contributed by atoms with van der Waals surface area (Å²) >= 11 is 0. The highest BCUT2D eigenvalue weighted by molar-refractivity contribution is 5.90. The summed E-state index contributed by atoms with van der Waals surface area (Å²) in [7, 11) is 0. The largest absolute Gasteiger partial charge is 0.503 e. The third-order valence-corrected chi connectivity index (χ3v) is 1.23. The lowest BCUT2D eigenvalue weighted by atomic mass is 10.2. The second-order valence-corrected chi connectivity index (χ2v) is 2.05. The first kappa shape index (κ1) is 8.12. The Bertz CT molecular complexity index is 380. The summed E-state index contributed by atoms with van der Waals surface area (Å²) in [5.41, 5.74) is -1.48. The predicted molar refractivity (Wildman–Crippen MR) is 37.4 cm³/mol. The molecule has 0 aliphatic carbocycles. The Morgan fingerprint density at radius 3 is 2.50 bits per heavy atom. The second-order valence-electron chi connectivity index (χ2n) is 2.05. The van der Waals surface area contributed by atoms with Gasteiger partial charge in [0.05, 0.1) is 0 Å². The molecule has 1 rings (SSSR count). The molecule has 0 amide bonds. The number of aromatic amines is 1. The predicted octanol–water partition coefficient (Wildman–Crippen LogP) is -0.516. The molecule has 1 aromatic rings. The molecule has 64 valence electrons. The fourth-order valence-electron chi connectivity index (χ4n) is 0.673. The minimum atomic E-state index is -1.43. The van der Waals surface area contributed by atoms with Crippen LogP contribution in [0.5, 0.6) is 11.6 Å². The molecule has 0 atom stereocenters. The number of nitrogens with one attached hydrogen (secondary N) is 1. The average Bonchev–Trinajstić information content (AvgIpc) is 1.96. The number of hydrogen-bond donors (Lipinski definition) is 4. The van der Waals surface area contributed by atoms with Crippen molar-refractivity contribution in [3.05, 3.63) is 22.0 Å². The van der Waals surface area contributed by atoms with E-state index in [-0.39, 0.29) is 0 Å². The Balaban J connectivity index is 3.43. The van der Waals surface area contributed by atoms with Gasteiger partial charge >= 0.3 is 5.97 Å². The van der Waals surface area contributed by atoms with E-state index >= 15 is 0 Å². The molecule has 0 bridgehead atoms. The maximum absolute atomic E-state index is 10.6. The van der Waals surface area contributed by atoms with E-state index in [0.29, 0.717) is 6.07 Å². The number of carboxylic acid groups (broad SMARTS) is 1. The number of carboxylic acids is 1. The summed E-state index contributed by atoms with van der Waals surface area (Å²) in [6.07, 6.45) is 0. The summed E-state index contributed by atoms with van der Waals surface area (Å²) in [6.45, 7) is 0. The number of carbonyl (C=O) groups is 1.